The van der Waals surface area contributed by atoms with Gasteiger partial charge in [-0.05, 0) is 24.5 Å². The molecule has 0 saturated heterocycles. The van der Waals surface area contributed by atoms with Crippen molar-refractivity contribution in [3.63, 3.8) is 0 Å². The van der Waals surface area contributed by atoms with Gasteiger partial charge in [-0.3, -0.25) is 0 Å². The minimum atomic E-state index is 0.149. The second-order valence-corrected chi connectivity index (χ2v) is 5.46. The molecule has 0 bridgehead atoms. The van der Waals surface area contributed by atoms with Crippen LogP contribution in [0.1, 0.15) is 32.3 Å². The van der Waals surface area contributed by atoms with Gasteiger partial charge in [-0.1, -0.05) is 45.4 Å². The molecule has 0 spiro atoms. The molecule has 1 aromatic carbocycles. The third-order valence-corrected chi connectivity index (χ3v) is 3.70. The number of nitrogens with zero attached hydrogens (tertiary/aromatic N) is 1. The van der Waals surface area contributed by atoms with Crippen LogP contribution in [0.3, 0.4) is 0 Å². The fraction of sp³-hybridized carbons (Fsp3) is 0.562. The smallest absolute Gasteiger partial charge is 0.268 e. The summed E-state index contributed by atoms with van der Waals surface area (Å²) in [6.07, 6.45) is 3.99. The maximum Gasteiger partial charge on any atom is 0.268 e. The SMILES string of the molecule is CCCB(C#N)C[C@@H](CC)COc1cc(N)ccc1C. The van der Waals surface area contributed by atoms with E-state index in [1.165, 1.54) is 0 Å². The van der Waals surface area contributed by atoms with Crippen LogP contribution < -0.4 is 10.5 Å². The highest BCUT2D eigenvalue weighted by molar-refractivity contribution is 6.66. The van der Waals surface area contributed by atoms with E-state index in [9.17, 15) is 0 Å². The highest BCUT2D eigenvalue weighted by Gasteiger charge is 2.19. The van der Waals surface area contributed by atoms with E-state index in [0.717, 1.165) is 42.5 Å². The van der Waals surface area contributed by atoms with Crippen LogP contribution in [0.2, 0.25) is 12.6 Å². The standard InChI is InChI=1S/C16H25BN2O/c1-4-8-17(12-18)10-14(5-2)11-20-16-9-15(19)7-6-13(16)3/h6-7,9,14H,4-5,8,10-11,19H2,1-3H3/t14-/m1/s1. The molecule has 3 nitrogen and oxygen atoms in total. The van der Waals surface area contributed by atoms with Crippen LogP contribution in [0, 0.1) is 24.1 Å². The van der Waals surface area contributed by atoms with Crippen molar-refractivity contribution in [3.05, 3.63) is 23.8 Å². The first kappa shape index (κ1) is 16.4. The number of hydrogen-bond donors (Lipinski definition) is 1. The van der Waals surface area contributed by atoms with Crippen molar-refractivity contribution in [2.45, 2.75) is 46.3 Å². The average Bonchev–Trinajstić information content (AvgIpc) is 2.45. The zero-order valence-corrected chi connectivity index (χ0v) is 12.9. The highest BCUT2D eigenvalue weighted by atomic mass is 16.5. The van der Waals surface area contributed by atoms with Gasteiger partial charge in [0.15, 0.2) is 0 Å². The van der Waals surface area contributed by atoms with Gasteiger partial charge in [0.2, 0.25) is 0 Å². The van der Waals surface area contributed by atoms with Crippen LogP contribution in [0.5, 0.6) is 5.75 Å². The van der Waals surface area contributed by atoms with Gasteiger partial charge in [-0.25, -0.2) is 5.26 Å². The summed E-state index contributed by atoms with van der Waals surface area (Å²) in [7, 11) is 0. The molecule has 1 rings (SSSR count). The molecule has 108 valence electrons. The highest BCUT2D eigenvalue weighted by Crippen LogP contribution is 2.23. The molecule has 1 atom stereocenters. The van der Waals surface area contributed by atoms with E-state index >= 15 is 0 Å². The third-order valence-electron chi connectivity index (χ3n) is 3.70. The van der Waals surface area contributed by atoms with Crippen molar-refractivity contribution < 1.29 is 4.74 Å². The second-order valence-electron chi connectivity index (χ2n) is 5.46. The molecule has 2 N–H and O–H groups in total. The Labute approximate surface area is 123 Å². The fourth-order valence-corrected chi connectivity index (χ4v) is 2.32. The number of rotatable bonds is 8. The second kappa shape index (κ2) is 8.53. The molecule has 0 heterocycles. The summed E-state index contributed by atoms with van der Waals surface area (Å²) >= 11 is 0. The Balaban J connectivity index is 2.56. The lowest BCUT2D eigenvalue weighted by Gasteiger charge is -2.18. The molecular formula is C16H25BN2O. The molecule has 4 heteroatoms. The van der Waals surface area contributed by atoms with Crippen molar-refractivity contribution in [1.29, 1.82) is 5.26 Å². The van der Waals surface area contributed by atoms with Crippen LogP contribution >= 0.6 is 0 Å². The zero-order valence-electron chi connectivity index (χ0n) is 12.9. The van der Waals surface area contributed by atoms with Gasteiger partial charge in [0.25, 0.3) is 6.71 Å². The molecule has 1 aromatic rings. The number of nitrogen functional groups attached to an aromatic ring is 1. The average molecular weight is 272 g/mol. The number of nitriles is 1. The van der Waals surface area contributed by atoms with Crippen LogP contribution in [-0.4, -0.2) is 13.3 Å². The quantitative estimate of drug-likeness (QED) is 0.575. The summed E-state index contributed by atoms with van der Waals surface area (Å²) in [5.41, 5.74) is 7.60. The summed E-state index contributed by atoms with van der Waals surface area (Å²) in [5, 5.41) is 9.16. The fourth-order valence-electron chi connectivity index (χ4n) is 2.32. The van der Waals surface area contributed by atoms with Crippen LogP contribution in [0.25, 0.3) is 0 Å². The van der Waals surface area contributed by atoms with E-state index in [1.807, 2.05) is 25.1 Å². The van der Waals surface area contributed by atoms with E-state index in [1.54, 1.807) is 0 Å². The van der Waals surface area contributed by atoms with Gasteiger partial charge < -0.3 is 10.5 Å². The van der Waals surface area contributed by atoms with E-state index < -0.39 is 0 Å². The first-order chi connectivity index (χ1) is 9.60. The lowest BCUT2D eigenvalue weighted by Crippen LogP contribution is -2.20. The Morgan fingerprint density at radius 3 is 2.75 bits per heavy atom. The number of hydrogen-bond acceptors (Lipinski definition) is 3. The molecule has 0 aliphatic heterocycles. The van der Waals surface area contributed by atoms with Crippen molar-refractivity contribution in [2.24, 2.45) is 5.92 Å². The molecule has 0 aliphatic rings. The lowest BCUT2D eigenvalue weighted by molar-refractivity contribution is 0.254. The summed E-state index contributed by atoms with van der Waals surface area (Å²) < 4.78 is 5.90. The molecular weight excluding hydrogens is 247 g/mol. The summed E-state index contributed by atoms with van der Waals surface area (Å²) in [6, 6.07) is 5.73. The van der Waals surface area contributed by atoms with Gasteiger partial charge in [-0.2, -0.15) is 0 Å². The summed E-state index contributed by atoms with van der Waals surface area (Å²) in [6.45, 7) is 7.10. The zero-order chi connectivity index (χ0) is 15.0. The predicted molar refractivity (Wildman–Crippen MR) is 86.1 cm³/mol. The van der Waals surface area contributed by atoms with Crippen molar-refractivity contribution in [2.75, 3.05) is 12.3 Å². The monoisotopic (exact) mass is 272 g/mol. The maximum absolute atomic E-state index is 9.16. The van der Waals surface area contributed by atoms with Crippen LogP contribution in [0.4, 0.5) is 5.69 Å². The van der Waals surface area contributed by atoms with E-state index in [0.29, 0.717) is 12.5 Å². The first-order valence-corrected chi connectivity index (χ1v) is 7.49. The molecule has 0 aromatic heterocycles. The minimum absolute atomic E-state index is 0.149. The molecule has 0 fully saturated rings. The Hall–Kier alpha value is -1.63. The topological polar surface area (TPSA) is 59.0 Å². The molecule has 0 radical (unpaired) electrons. The van der Waals surface area contributed by atoms with Crippen molar-refractivity contribution in [1.82, 2.24) is 0 Å². The summed E-state index contributed by atoms with van der Waals surface area (Å²) in [4.78, 5) is 0. The van der Waals surface area contributed by atoms with Crippen LogP contribution in [-0.2, 0) is 0 Å². The molecule has 20 heavy (non-hydrogen) atoms. The number of ether oxygens (including phenoxy) is 1. The lowest BCUT2D eigenvalue weighted by atomic mass is 9.44. The van der Waals surface area contributed by atoms with Gasteiger partial charge in [0, 0.05) is 17.7 Å². The van der Waals surface area contributed by atoms with Crippen LogP contribution in [0.15, 0.2) is 18.2 Å². The number of benzene rings is 1. The van der Waals surface area contributed by atoms with E-state index in [4.69, 9.17) is 15.7 Å². The molecule has 0 amide bonds. The Kier molecular flexibility index (Phi) is 7.00. The predicted octanol–water partition coefficient (Wildman–Crippen LogP) is 3.95. The van der Waals surface area contributed by atoms with Gasteiger partial charge in [0.1, 0.15) is 5.75 Å². The van der Waals surface area contributed by atoms with E-state index in [-0.39, 0.29) is 6.71 Å². The van der Waals surface area contributed by atoms with E-state index in [2.05, 4.69) is 19.8 Å². The largest absolute Gasteiger partial charge is 0.493 e. The van der Waals surface area contributed by atoms with Gasteiger partial charge in [0.05, 0.1) is 6.61 Å². The first-order valence-electron chi connectivity index (χ1n) is 7.49. The van der Waals surface area contributed by atoms with Crippen molar-refractivity contribution >= 4 is 12.4 Å². The van der Waals surface area contributed by atoms with Gasteiger partial charge in [-0.15, -0.1) is 0 Å². The Morgan fingerprint density at radius 1 is 1.40 bits per heavy atom. The minimum Gasteiger partial charge on any atom is -0.493 e. The van der Waals surface area contributed by atoms with Gasteiger partial charge >= 0.3 is 0 Å². The number of nitrogens with two attached hydrogens (primary N) is 1. The third kappa shape index (κ3) is 5.17. The Bertz CT molecular complexity index is 456. The normalized spacial score (nSPS) is 11.7. The molecule has 0 saturated carbocycles. The summed E-state index contributed by atoms with van der Waals surface area (Å²) in [5.74, 6) is 3.69. The Morgan fingerprint density at radius 2 is 2.15 bits per heavy atom. The number of aryl methyl sites for hydroxylation is 1. The molecule has 0 unspecified atom stereocenters. The maximum atomic E-state index is 9.16. The molecule has 0 aliphatic carbocycles. The van der Waals surface area contributed by atoms with Crippen molar-refractivity contribution in [3.8, 4) is 11.7 Å². The number of anilines is 1.